The van der Waals surface area contributed by atoms with Crippen molar-refractivity contribution in [2.24, 2.45) is 5.73 Å². The zero-order valence-corrected chi connectivity index (χ0v) is 9.44. The van der Waals surface area contributed by atoms with Crippen LogP contribution in [-0.2, 0) is 6.54 Å². The number of halogens is 4. The predicted molar refractivity (Wildman–Crippen MR) is 58.3 cm³/mol. The van der Waals surface area contributed by atoms with Gasteiger partial charge in [0.2, 0.25) is 0 Å². The largest absolute Gasteiger partial charge is 0.506 e. The Morgan fingerprint density at radius 1 is 1.23 bits per heavy atom. The van der Waals surface area contributed by atoms with Gasteiger partial charge in [-0.05, 0) is 6.07 Å². The Bertz CT molecular complexity index is 316. The molecule has 0 fully saturated rings. The fourth-order valence-electron chi connectivity index (χ4n) is 0.790. The highest BCUT2D eigenvalue weighted by atomic mass is 35.5. The number of hydrogen-bond acceptors (Lipinski definition) is 2. The summed E-state index contributed by atoms with van der Waals surface area (Å²) >= 11 is 17.0. The van der Waals surface area contributed by atoms with E-state index in [2.05, 4.69) is 0 Å². The number of benzene rings is 1. The molecule has 3 N–H and O–H groups in total. The van der Waals surface area contributed by atoms with E-state index in [0.29, 0.717) is 10.6 Å². The monoisotopic (exact) mass is 261 g/mol. The van der Waals surface area contributed by atoms with Gasteiger partial charge in [-0.3, -0.25) is 0 Å². The second kappa shape index (κ2) is 5.13. The fraction of sp³-hybridized carbons (Fsp3) is 0.143. The van der Waals surface area contributed by atoms with Gasteiger partial charge in [0.1, 0.15) is 10.8 Å². The number of phenols is 1. The molecule has 0 saturated carbocycles. The zero-order valence-electron chi connectivity index (χ0n) is 6.35. The summed E-state index contributed by atoms with van der Waals surface area (Å²) in [5.41, 5.74) is 5.80. The number of nitrogens with two attached hydrogens (primary N) is 1. The maximum absolute atomic E-state index is 9.35. The van der Waals surface area contributed by atoms with Crippen LogP contribution in [0, 0.1) is 0 Å². The summed E-state index contributed by atoms with van der Waals surface area (Å²) in [6, 6.07) is 1.49. The van der Waals surface area contributed by atoms with E-state index >= 15 is 0 Å². The maximum Gasteiger partial charge on any atom is 0.140 e. The number of aromatic hydroxyl groups is 1. The van der Waals surface area contributed by atoms with Crippen LogP contribution >= 0.6 is 47.2 Å². The molecule has 1 aromatic carbocycles. The standard InChI is InChI=1S/C7H6Cl3NO.ClH/c8-4-1-3(2-11)7(12)6(10)5(4)9;/h1,12H,2,11H2;1H. The summed E-state index contributed by atoms with van der Waals surface area (Å²) in [6.07, 6.45) is 0. The van der Waals surface area contributed by atoms with Gasteiger partial charge in [0.05, 0.1) is 10.0 Å². The third-order valence-corrected chi connectivity index (χ3v) is 2.69. The van der Waals surface area contributed by atoms with Crippen molar-refractivity contribution in [2.75, 3.05) is 0 Å². The van der Waals surface area contributed by atoms with E-state index in [1.54, 1.807) is 0 Å². The van der Waals surface area contributed by atoms with E-state index in [9.17, 15) is 5.11 Å². The SMILES string of the molecule is Cl.NCc1cc(Cl)c(Cl)c(Cl)c1O. The summed E-state index contributed by atoms with van der Waals surface area (Å²) in [6.45, 7) is 0.169. The first-order chi connectivity index (χ1) is 5.57. The quantitative estimate of drug-likeness (QED) is 0.764. The van der Waals surface area contributed by atoms with E-state index in [1.165, 1.54) is 6.07 Å². The van der Waals surface area contributed by atoms with Crippen LogP contribution in [0.4, 0.5) is 0 Å². The molecule has 0 bridgehead atoms. The van der Waals surface area contributed by atoms with Crippen molar-refractivity contribution in [3.05, 3.63) is 26.7 Å². The summed E-state index contributed by atoms with van der Waals surface area (Å²) in [4.78, 5) is 0. The van der Waals surface area contributed by atoms with Crippen LogP contribution in [0.5, 0.6) is 5.75 Å². The predicted octanol–water partition coefficient (Wildman–Crippen LogP) is 3.23. The molecule has 0 radical (unpaired) electrons. The molecule has 0 amide bonds. The first-order valence-corrected chi connectivity index (χ1v) is 4.26. The Morgan fingerprint density at radius 3 is 2.23 bits per heavy atom. The van der Waals surface area contributed by atoms with Crippen LogP contribution in [0.2, 0.25) is 15.1 Å². The third kappa shape index (κ3) is 2.55. The Kier molecular flexibility index (Phi) is 5.18. The number of phenolic OH excluding ortho intramolecular Hbond substituents is 1. The molecule has 0 aliphatic rings. The molecule has 0 atom stereocenters. The lowest BCUT2D eigenvalue weighted by atomic mass is 10.2. The van der Waals surface area contributed by atoms with Crippen LogP contribution < -0.4 is 5.73 Å². The van der Waals surface area contributed by atoms with Gasteiger partial charge in [-0.1, -0.05) is 34.8 Å². The van der Waals surface area contributed by atoms with Crippen LogP contribution in [-0.4, -0.2) is 5.11 Å². The highest BCUT2D eigenvalue weighted by molar-refractivity contribution is 6.48. The van der Waals surface area contributed by atoms with E-state index in [1.807, 2.05) is 0 Å². The second-order valence-corrected chi connectivity index (χ2v) is 3.36. The molecule has 2 nitrogen and oxygen atoms in total. The molecule has 1 rings (SSSR count). The highest BCUT2D eigenvalue weighted by Gasteiger charge is 2.12. The molecule has 0 aliphatic heterocycles. The second-order valence-electron chi connectivity index (χ2n) is 2.20. The molecule has 0 spiro atoms. The smallest absolute Gasteiger partial charge is 0.140 e. The summed E-state index contributed by atoms with van der Waals surface area (Å²) < 4.78 is 0. The Labute approximate surface area is 97.0 Å². The van der Waals surface area contributed by atoms with Gasteiger partial charge in [-0.15, -0.1) is 12.4 Å². The van der Waals surface area contributed by atoms with Gasteiger partial charge in [0.25, 0.3) is 0 Å². The van der Waals surface area contributed by atoms with E-state index in [0.717, 1.165) is 0 Å². The van der Waals surface area contributed by atoms with Crippen molar-refractivity contribution in [3.63, 3.8) is 0 Å². The van der Waals surface area contributed by atoms with Crippen molar-refractivity contribution in [1.29, 1.82) is 0 Å². The van der Waals surface area contributed by atoms with Crippen LogP contribution in [0.25, 0.3) is 0 Å². The third-order valence-electron chi connectivity index (χ3n) is 1.44. The molecule has 0 heterocycles. The molecule has 1 aromatic rings. The van der Waals surface area contributed by atoms with Gasteiger partial charge in [0, 0.05) is 12.1 Å². The molecule has 0 aliphatic carbocycles. The average Bonchev–Trinajstić information content (AvgIpc) is 2.08. The summed E-state index contributed by atoms with van der Waals surface area (Å²) in [7, 11) is 0. The van der Waals surface area contributed by atoms with Crippen molar-refractivity contribution in [1.82, 2.24) is 0 Å². The molecular weight excluding hydrogens is 256 g/mol. The van der Waals surface area contributed by atoms with Crippen molar-refractivity contribution >= 4 is 47.2 Å². The van der Waals surface area contributed by atoms with Gasteiger partial charge >= 0.3 is 0 Å². The Hall–Kier alpha value is 0.140. The number of rotatable bonds is 1. The molecule has 74 valence electrons. The zero-order chi connectivity index (χ0) is 9.30. The normalized spacial score (nSPS) is 9.54. The minimum Gasteiger partial charge on any atom is -0.506 e. The van der Waals surface area contributed by atoms with Crippen molar-refractivity contribution < 1.29 is 5.11 Å². The van der Waals surface area contributed by atoms with Gasteiger partial charge in [0.15, 0.2) is 0 Å². The minimum absolute atomic E-state index is 0. The van der Waals surface area contributed by atoms with Gasteiger partial charge in [-0.2, -0.15) is 0 Å². The molecule has 0 aromatic heterocycles. The Balaban J connectivity index is 0.00000144. The lowest BCUT2D eigenvalue weighted by Crippen LogP contribution is -1.97. The van der Waals surface area contributed by atoms with E-state index in [4.69, 9.17) is 40.5 Å². The minimum atomic E-state index is -0.103. The lowest BCUT2D eigenvalue weighted by molar-refractivity contribution is 0.469. The maximum atomic E-state index is 9.35. The average molecular weight is 263 g/mol. The first-order valence-electron chi connectivity index (χ1n) is 3.13. The van der Waals surface area contributed by atoms with Gasteiger partial charge in [-0.25, -0.2) is 0 Å². The number of hydrogen-bond donors (Lipinski definition) is 2. The van der Waals surface area contributed by atoms with Crippen molar-refractivity contribution in [2.45, 2.75) is 6.54 Å². The summed E-state index contributed by atoms with van der Waals surface area (Å²) in [5, 5.41) is 9.83. The highest BCUT2D eigenvalue weighted by Crippen LogP contribution is 2.39. The van der Waals surface area contributed by atoms with Crippen LogP contribution in [0.1, 0.15) is 5.56 Å². The van der Waals surface area contributed by atoms with E-state index in [-0.39, 0.29) is 34.7 Å². The van der Waals surface area contributed by atoms with Crippen LogP contribution in [0.15, 0.2) is 6.07 Å². The molecule has 0 unspecified atom stereocenters. The molecular formula is C7H7Cl4NO. The van der Waals surface area contributed by atoms with Crippen LogP contribution in [0.3, 0.4) is 0 Å². The molecule has 13 heavy (non-hydrogen) atoms. The van der Waals surface area contributed by atoms with Crippen molar-refractivity contribution in [3.8, 4) is 5.75 Å². The Morgan fingerprint density at radius 2 is 1.77 bits per heavy atom. The molecule has 6 heteroatoms. The first kappa shape index (κ1) is 13.1. The summed E-state index contributed by atoms with van der Waals surface area (Å²) in [5.74, 6) is -0.103. The van der Waals surface area contributed by atoms with E-state index < -0.39 is 0 Å². The fourth-order valence-corrected chi connectivity index (χ4v) is 1.43. The lowest BCUT2D eigenvalue weighted by Gasteiger charge is -2.06. The topological polar surface area (TPSA) is 46.2 Å². The molecule has 0 saturated heterocycles. The van der Waals surface area contributed by atoms with Gasteiger partial charge < -0.3 is 10.8 Å².